The zero-order valence-electron chi connectivity index (χ0n) is 12.7. The van der Waals surface area contributed by atoms with Gasteiger partial charge in [-0.3, -0.25) is 4.90 Å². The number of anilines is 1. The van der Waals surface area contributed by atoms with Crippen molar-refractivity contribution >= 4 is 27.7 Å². The van der Waals surface area contributed by atoms with Crippen molar-refractivity contribution in [3.05, 3.63) is 64.1 Å². The predicted molar refractivity (Wildman–Crippen MR) is 91.1 cm³/mol. The Morgan fingerprint density at radius 1 is 1.23 bits per heavy atom. The Morgan fingerprint density at radius 3 is 2.68 bits per heavy atom. The molecule has 2 aromatic carbocycles. The Bertz CT molecular complexity index is 697. The third-order valence-electron chi connectivity index (χ3n) is 3.96. The number of ether oxygens (including phenoxy) is 1. The number of halogens is 1. The van der Waals surface area contributed by atoms with E-state index in [4.69, 9.17) is 4.74 Å². The smallest absolute Gasteiger partial charge is 0.414 e. The molecule has 1 aliphatic heterocycles. The maximum absolute atomic E-state index is 12.4. The van der Waals surface area contributed by atoms with Gasteiger partial charge in [0.15, 0.2) is 0 Å². The molecule has 3 rings (SSSR count). The summed E-state index contributed by atoms with van der Waals surface area (Å²) >= 11 is 3.50. The highest BCUT2D eigenvalue weighted by Crippen LogP contribution is 2.42. The van der Waals surface area contributed by atoms with E-state index in [1.165, 1.54) is 5.56 Å². The molecule has 0 bridgehead atoms. The average molecular weight is 360 g/mol. The van der Waals surface area contributed by atoms with Crippen LogP contribution in [0.5, 0.6) is 0 Å². The van der Waals surface area contributed by atoms with Crippen molar-refractivity contribution in [3.8, 4) is 0 Å². The lowest BCUT2D eigenvalue weighted by molar-refractivity contribution is 0.147. The van der Waals surface area contributed by atoms with Gasteiger partial charge in [0, 0.05) is 16.4 Å². The molecule has 0 spiro atoms. The quantitative estimate of drug-likeness (QED) is 0.764. The molecule has 114 valence electrons. The molecule has 0 unspecified atom stereocenters. The fraction of sp³-hybridized carbons (Fsp3) is 0.278. The summed E-state index contributed by atoms with van der Waals surface area (Å²) in [5.41, 5.74) is 3.01. The molecule has 0 fully saturated rings. The number of amides is 1. The van der Waals surface area contributed by atoms with Crippen LogP contribution >= 0.6 is 15.9 Å². The minimum absolute atomic E-state index is 0.0785. The normalized spacial score (nSPS) is 15.5. The first-order chi connectivity index (χ1) is 10.5. The summed E-state index contributed by atoms with van der Waals surface area (Å²) < 4.78 is 6.49. The summed E-state index contributed by atoms with van der Waals surface area (Å²) in [6, 6.07) is 15.7. The molecular formula is C18H18BrNO2. The number of rotatable bonds is 2. The minimum Gasteiger partial charge on any atom is -0.444 e. The fourth-order valence-corrected chi connectivity index (χ4v) is 3.17. The molecule has 1 aliphatic rings. The van der Waals surface area contributed by atoms with E-state index in [0.29, 0.717) is 13.2 Å². The molecule has 4 heteroatoms. The molecule has 22 heavy (non-hydrogen) atoms. The Hall–Kier alpha value is -1.81. The van der Waals surface area contributed by atoms with E-state index in [9.17, 15) is 4.79 Å². The van der Waals surface area contributed by atoms with Gasteiger partial charge in [-0.15, -0.1) is 0 Å². The standard InChI is InChI=1S/C18H18BrNO2/c1-18(2)12-20(16-9-8-14(19)10-15(16)18)17(21)22-11-13-6-4-3-5-7-13/h3-10H,11-12H2,1-2H3. The molecule has 0 saturated heterocycles. The second-order valence-electron chi connectivity index (χ2n) is 6.17. The van der Waals surface area contributed by atoms with Crippen LogP contribution in [0, 0.1) is 0 Å². The van der Waals surface area contributed by atoms with Gasteiger partial charge in [-0.2, -0.15) is 0 Å². The molecule has 1 amide bonds. The van der Waals surface area contributed by atoms with Gasteiger partial charge in [0.25, 0.3) is 0 Å². The summed E-state index contributed by atoms with van der Waals surface area (Å²) in [4.78, 5) is 14.2. The van der Waals surface area contributed by atoms with Gasteiger partial charge in [0.05, 0.1) is 5.69 Å². The van der Waals surface area contributed by atoms with Crippen LogP contribution in [-0.2, 0) is 16.8 Å². The highest BCUT2D eigenvalue weighted by atomic mass is 79.9. The third kappa shape index (κ3) is 2.88. The SMILES string of the molecule is CC1(C)CN(C(=O)OCc2ccccc2)c2ccc(Br)cc21. The van der Waals surface area contributed by atoms with Crippen molar-refractivity contribution < 1.29 is 9.53 Å². The fourth-order valence-electron chi connectivity index (χ4n) is 2.81. The van der Waals surface area contributed by atoms with Crippen LogP contribution in [0.15, 0.2) is 53.0 Å². The molecule has 1 heterocycles. The summed E-state index contributed by atoms with van der Waals surface area (Å²) in [6.45, 7) is 5.21. The first-order valence-corrected chi connectivity index (χ1v) is 8.05. The lowest BCUT2D eigenvalue weighted by Crippen LogP contribution is -2.34. The second kappa shape index (κ2) is 5.76. The topological polar surface area (TPSA) is 29.5 Å². The van der Waals surface area contributed by atoms with Gasteiger partial charge in [0.2, 0.25) is 0 Å². The number of hydrogen-bond donors (Lipinski definition) is 0. The lowest BCUT2D eigenvalue weighted by atomic mass is 9.87. The van der Waals surface area contributed by atoms with E-state index >= 15 is 0 Å². The van der Waals surface area contributed by atoms with Crippen molar-refractivity contribution in [2.45, 2.75) is 25.9 Å². The number of hydrogen-bond acceptors (Lipinski definition) is 2. The zero-order valence-corrected chi connectivity index (χ0v) is 14.3. The first kappa shape index (κ1) is 15.1. The van der Waals surface area contributed by atoms with E-state index in [0.717, 1.165) is 15.7 Å². The molecule has 3 nitrogen and oxygen atoms in total. The van der Waals surface area contributed by atoms with Gasteiger partial charge in [-0.05, 0) is 29.3 Å². The molecule has 0 aliphatic carbocycles. The number of fused-ring (bicyclic) bond motifs is 1. The number of carbonyl (C=O) groups excluding carboxylic acids is 1. The first-order valence-electron chi connectivity index (χ1n) is 7.26. The summed E-state index contributed by atoms with van der Waals surface area (Å²) in [5, 5.41) is 0. The maximum Gasteiger partial charge on any atom is 0.414 e. The van der Waals surface area contributed by atoms with Gasteiger partial charge < -0.3 is 4.74 Å². The summed E-state index contributed by atoms with van der Waals surface area (Å²) in [6.07, 6.45) is -0.294. The van der Waals surface area contributed by atoms with Crippen LogP contribution < -0.4 is 4.90 Å². The van der Waals surface area contributed by atoms with E-state index in [1.54, 1.807) is 4.90 Å². The third-order valence-corrected chi connectivity index (χ3v) is 4.45. The van der Waals surface area contributed by atoms with E-state index < -0.39 is 0 Å². The highest BCUT2D eigenvalue weighted by molar-refractivity contribution is 9.10. The number of carbonyl (C=O) groups is 1. The highest BCUT2D eigenvalue weighted by Gasteiger charge is 2.38. The van der Waals surface area contributed by atoms with Crippen LogP contribution in [0.2, 0.25) is 0 Å². The Balaban J connectivity index is 1.77. The summed E-state index contributed by atoms with van der Waals surface area (Å²) in [5.74, 6) is 0. The van der Waals surface area contributed by atoms with E-state index in [2.05, 4.69) is 35.8 Å². The minimum atomic E-state index is -0.294. The van der Waals surface area contributed by atoms with Crippen molar-refractivity contribution in [2.75, 3.05) is 11.4 Å². The number of benzene rings is 2. The van der Waals surface area contributed by atoms with Crippen molar-refractivity contribution in [3.63, 3.8) is 0 Å². The Kier molecular flexibility index (Phi) is 3.96. The van der Waals surface area contributed by atoms with Gasteiger partial charge in [-0.1, -0.05) is 60.1 Å². The van der Waals surface area contributed by atoms with Crippen LogP contribution in [0.25, 0.3) is 0 Å². The van der Waals surface area contributed by atoms with Gasteiger partial charge >= 0.3 is 6.09 Å². The molecule has 0 radical (unpaired) electrons. The Morgan fingerprint density at radius 2 is 1.95 bits per heavy atom. The predicted octanol–water partition coefficient (Wildman–Crippen LogP) is 4.88. The van der Waals surface area contributed by atoms with Crippen LogP contribution in [0.3, 0.4) is 0 Å². The lowest BCUT2D eigenvalue weighted by Gasteiger charge is -2.20. The molecule has 0 saturated carbocycles. The molecule has 2 aromatic rings. The van der Waals surface area contributed by atoms with Crippen molar-refractivity contribution in [2.24, 2.45) is 0 Å². The number of nitrogens with zero attached hydrogens (tertiary/aromatic N) is 1. The van der Waals surface area contributed by atoms with E-state index in [1.807, 2.05) is 42.5 Å². The van der Waals surface area contributed by atoms with Crippen molar-refractivity contribution in [1.82, 2.24) is 0 Å². The van der Waals surface area contributed by atoms with Crippen LogP contribution in [-0.4, -0.2) is 12.6 Å². The molecular weight excluding hydrogens is 342 g/mol. The van der Waals surface area contributed by atoms with Crippen LogP contribution in [0.4, 0.5) is 10.5 Å². The molecule has 0 N–H and O–H groups in total. The zero-order chi connectivity index (χ0) is 15.7. The average Bonchev–Trinajstić information content (AvgIpc) is 2.77. The van der Waals surface area contributed by atoms with Gasteiger partial charge in [-0.25, -0.2) is 4.79 Å². The second-order valence-corrected chi connectivity index (χ2v) is 7.09. The van der Waals surface area contributed by atoms with Crippen molar-refractivity contribution in [1.29, 1.82) is 0 Å². The van der Waals surface area contributed by atoms with Gasteiger partial charge in [0.1, 0.15) is 6.61 Å². The van der Waals surface area contributed by atoms with Crippen LogP contribution in [0.1, 0.15) is 25.0 Å². The van der Waals surface area contributed by atoms with E-state index in [-0.39, 0.29) is 11.5 Å². The molecule has 0 aromatic heterocycles. The Labute approximate surface area is 139 Å². The summed E-state index contributed by atoms with van der Waals surface area (Å²) in [7, 11) is 0. The molecule has 0 atom stereocenters. The monoisotopic (exact) mass is 359 g/mol. The maximum atomic E-state index is 12.4. The largest absolute Gasteiger partial charge is 0.444 e.